The predicted molar refractivity (Wildman–Crippen MR) is 87.8 cm³/mol. The summed E-state index contributed by atoms with van der Waals surface area (Å²) < 4.78 is 41.3. The van der Waals surface area contributed by atoms with E-state index in [4.69, 9.17) is 0 Å². The number of rotatable bonds is 6. The maximum Gasteiger partial charge on any atom is 0.422 e. The number of carboxylic acid groups (broad SMARTS) is 1. The Kier molecular flexibility index (Phi) is 6.15. The zero-order valence-corrected chi connectivity index (χ0v) is 14.4. The Hall–Kier alpha value is -2.25. The largest absolute Gasteiger partial charge is 0.484 e. The zero-order valence-electron chi connectivity index (χ0n) is 14.4. The average molecular weight is 373 g/mol. The topological polar surface area (TPSA) is 75.6 Å². The molecule has 1 aromatic rings. The van der Waals surface area contributed by atoms with Gasteiger partial charge < -0.3 is 15.2 Å². The van der Waals surface area contributed by atoms with Crippen LogP contribution in [0.25, 0.3) is 0 Å². The third-order valence-corrected chi connectivity index (χ3v) is 4.58. The van der Waals surface area contributed by atoms with Gasteiger partial charge in [0.25, 0.3) is 0 Å². The lowest BCUT2D eigenvalue weighted by molar-refractivity contribution is -0.153. The van der Waals surface area contributed by atoms with Crippen LogP contribution in [0.5, 0.6) is 5.75 Å². The summed E-state index contributed by atoms with van der Waals surface area (Å²) in [6, 6.07) is 5.79. The molecule has 0 saturated heterocycles. The van der Waals surface area contributed by atoms with E-state index in [9.17, 15) is 27.9 Å². The zero-order chi connectivity index (χ0) is 19.4. The normalized spacial score (nSPS) is 23.3. The summed E-state index contributed by atoms with van der Waals surface area (Å²) in [6.07, 6.45) is -2.41. The van der Waals surface area contributed by atoms with E-state index in [1.165, 1.54) is 18.2 Å². The van der Waals surface area contributed by atoms with Gasteiger partial charge in [0, 0.05) is 0 Å². The van der Waals surface area contributed by atoms with Crippen molar-refractivity contribution >= 4 is 11.9 Å². The molecule has 1 aliphatic carbocycles. The number of aliphatic carboxylic acids is 1. The fourth-order valence-corrected chi connectivity index (χ4v) is 3.05. The highest BCUT2D eigenvalue weighted by atomic mass is 19.4. The second kappa shape index (κ2) is 7.97. The first-order valence-corrected chi connectivity index (χ1v) is 8.42. The minimum Gasteiger partial charge on any atom is -0.484 e. The number of carbonyl (C=O) groups excluding carboxylic acids is 1. The number of halogens is 3. The Bertz CT molecular complexity index is 652. The summed E-state index contributed by atoms with van der Waals surface area (Å²) in [6.45, 7) is 0.628. The van der Waals surface area contributed by atoms with E-state index >= 15 is 0 Å². The highest BCUT2D eigenvalue weighted by molar-refractivity contribution is 5.88. The van der Waals surface area contributed by atoms with E-state index in [1.54, 1.807) is 6.07 Å². The van der Waals surface area contributed by atoms with Crippen LogP contribution in [0.3, 0.4) is 0 Å². The molecule has 0 heterocycles. The van der Waals surface area contributed by atoms with Gasteiger partial charge >= 0.3 is 12.1 Å². The molecule has 0 radical (unpaired) electrons. The van der Waals surface area contributed by atoms with E-state index in [0.717, 1.165) is 0 Å². The van der Waals surface area contributed by atoms with Gasteiger partial charge in [0.2, 0.25) is 5.91 Å². The van der Waals surface area contributed by atoms with Crippen molar-refractivity contribution in [2.75, 3.05) is 6.61 Å². The molecule has 1 amide bonds. The number of ether oxygens (including phenoxy) is 1. The molecule has 0 aliphatic heterocycles. The summed E-state index contributed by atoms with van der Waals surface area (Å²) in [4.78, 5) is 24.0. The minimum absolute atomic E-state index is 0.00654. The van der Waals surface area contributed by atoms with Crippen LogP contribution in [-0.4, -0.2) is 35.3 Å². The van der Waals surface area contributed by atoms with Gasteiger partial charge in [-0.1, -0.05) is 19.1 Å². The van der Waals surface area contributed by atoms with Gasteiger partial charge in [0.05, 0.1) is 6.42 Å². The van der Waals surface area contributed by atoms with E-state index in [1.807, 2.05) is 6.92 Å². The van der Waals surface area contributed by atoms with Crippen molar-refractivity contribution < 1.29 is 32.6 Å². The standard InChI is InChI=1S/C18H22F3NO4/c1-12-5-7-17(8-6-12,16(24)25)22-15(23)10-13-3-2-4-14(9-13)26-11-18(19,20)21/h2-4,9,12H,5-8,10-11H2,1H3,(H,22,23)(H,24,25). The molecule has 5 nitrogen and oxygen atoms in total. The van der Waals surface area contributed by atoms with Crippen LogP contribution in [0, 0.1) is 5.92 Å². The maximum absolute atomic E-state index is 12.3. The monoisotopic (exact) mass is 373 g/mol. The minimum atomic E-state index is -4.45. The van der Waals surface area contributed by atoms with Gasteiger partial charge in [0.1, 0.15) is 11.3 Å². The lowest BCUT2D eigenvalue weighted by Gasteiger charge is -2.36. The highest BCUT2D eigenvalue weighted by Gasteiger charge is 2.42. The van der Waals surface area contributed by atoms with Gasteiger partial charge in [-0.25, -0.2) is 4.79 Å². The van der Waals surface area contributed by atoms with Crippen molar-refractivity contribution in [1.82, 2.24) is 5.32 Å². The summed E-state index contributed by atoms with van der Waals surface area (Å²) in [7, 11) is 0. The van der Waals surface area contributed by atoms with Crippen LogP contribution in [0.15, 0.2) is 24.3 Å². The third-order valence-electron chi connectivity index (χ3n) is 4.58. The fraction of sp³-hybridized carbons (Fsp3) is 0.556. The molecule has 0 spiro atoms. The van der Waals surface area contributed by atoms with Crippen molar-refractivity contribution in [3.63, 3.8) is 0 Å². The first-order valence-electron chi connectivity index (χ1n) is 8.42. The molecule has 2 N–H and O–H groups in total. The molecule has 0 atom stereocenters. The lowest BCUT2D eigenvalue weighted by atomic mass is 9.77. The van der Waals surface area contributed by atoms with Gasteiger partial charge in [-0.05, 0) is 49.3 Å². The lowest BCUT2D eigenvalue weighted by Crippen LogP contribution is -2.56. The number of carbonyl (C=O) groups is 2. The smallest absolute Gasteiger partial charge is 0.422 e. The van der Waals surface area contributed by atoms with Crippen LogP contribution >= 0.6 is 0 Å². The van der Waals surface area contributed by atoms with Gasteiger partial charge in [-0.2, -0.15) is 13.2 Å². The summed E-state index contributed by atoms with van der Waals surface area (Å²) >= 11 is 0. The number of nitrogens with one attached hydrogen (secondary N) is 1. The van der Waals surface area contributed by atoms with Crippen LogP contribution in [0.4, 0.5) is 13.2 Å². The average Bonchev–Trinajstić information content (AvgIpc) is 2.55. The first kappa shape index (κ1) is 20.1. The number of benzene rings is 1. The summed E-state index contributed by atoms with van der Waals surface area (Å²) in [5.74, 6) is -1.11. The summed E-state index contributed by atoms with van der Waals surface area (Å²) in [5.41, 5.74) is -0.819. The highest BCUT2D eigenvalue weighted by Crippen LogP contribution is 2.32. The molecule has 0 unspecified atom stereocenters. The van der Waals surface area contributed by atoms with Gasteiger partial charge in [0.15, 0.2) is 6.61 Å². The second-order valence-electron chi connectivity index (χ2n) is 6.85. The van der Waals surface area contributed by atoms with Crippen molar-refractivity contribution in [2.45, 2.75) is 50.7 Å². The number of amides is 1. The Balaban J connectivity index is 1.99. The third kappa shape index (κ3) is 5.64. The molecule has 0 bridgehead atoms. The van der Waals surface area contributed by atoms with Gasteiger partial charge in [-0.3, -0.25) is 4.79 Å². The van der Waals surface area contributed by atoms with E-state index in [-0.39, 0.29) is 12.2 Å². The van der Waals surface area contributed by atoms with Crippen LogP contribution < -0.4 is 10.1 Å². The molecule has 26 heavy (non-hydrogen) atoms. The Morgan fingerprint density at radius 2 is 1.96 bits per heavy atom. The van der Waals surface area contributed by atoms with Crippen molar-refractivity contribution in [3.8, 4) is 5.75 Å². The SMILES string of the molecule is CC1CCC(NC(=O)Cc2cccc(OCC(F)(F)F)c2)(C(=O)O)CC1. The summed E-state index contributed by atoms with van der Waals surface area (Å²) in [5, 5.41) is 12.2. The Morgan fingerprint density at radius 1 is 1.31 bits per heavy atom. The van der Waals surface area contributed by atoms with Crippen molar-refractivity contribution in [2.24, 2.45) is 5.92 Å². The van der Waals surface area contributed by atoms with Crippen LogP contribution in [0.1, 0.15) is 38.2 Å². The molecular formula is C18H22F3NO4. The van der Waals surface area contributed by atoms with Crippen molar-refractivity contribution in [3.05, 3.63) is 29.8 Å². The molecule has 0 aromatic heterocycles. The molecule has 144 valence electrons. The Morgan fingerprint density at radius 3 is 2.54 bits per heavy atom. The molecule has 1 aliphatic rings. The molecule has 8 heteroatoms. The maximum atomic E-state index is 12.3. The van der Waals surface area contributed by atoms with Gasteiger partial charge in [-0.15, -0.1) is 0 Å². The molecule has 1 saturated carbocycles. The number of alkyl halides is 3. The molecule has 1 aromatic carbocycles. The molecule has 1 fully saturated rings. The Labute approximate surface area is 149 Å². The van der Waals surface area contributed by atoms with Crippen molar-refractivity contribution in [1.29, 1.82) is 0 Å². The quantitative estimate of drug-likeness (QED) is 0.802. The van der Waals surface area contributed by atoms with E-state index in [2.05, 4.69) is 10.1 Å². The second-order valence-corrected chi connectivity index (χ2v) is 6.85. The number of hydrogen-bond acceptors (Lipinski definition) is 3. The van der Waals surface area contributed by atoms with Crippen LogP contribution in [0.2, 0.25) is 0 Å². The van der Waals surface area contributed by atoms with Crippen LogP contribution in [-0.2, 0) is 16.0 Å². The number of hydrogen-bond donors (Lipinski definition) is 2. The fourth-order valence-electron chi connectivity index (χ4n) is 3.05. The molecule has 2 rings (SSSR count). The van der Waals surface area contributed by atoms with E-state index in [0.29, 0.717) is 37.2 Å². The molecular weight excluding hydrogens is 351 g/mol. The van der Waals surface area contributed by atoms with E-state index < -0.39 is 30.2 Å². The number of carboxylic acids is 1. The first-order chi connectivity index (χ1) is 12.1. The predicted octanol–water partition coefficient (Wildman–Crippen LogP) is 3.32.